The second kappa shape index (κ2) is 10.4. The lowest BCUT2D eigenvalue weighted by Gasteiger charge is -2.32. The number of nitrogens with one attached hydrogen (secondary N) is 2. The number of hydroxylamine groups is 1. The fourth-order valence-electron chi connectivity index (χ4n) is 4.53. The average Bonchev–Trinajstić information content (AvgIpc) is 3.08. The van der Waals surface area contributed by atoms with Crippen molar-refractivity contribution in [2.75, 3.05) is 11.9 Å². The van der Waals surface area contributed by atoms with Crippen molar-refractivity contribution < 1.29 is 19.6 Å². The molecular weight excluding hydrogens is 408 g/mol. The first-order valence-electron chi connectivity index (χ1n) is 10.8. The lowest BCUT2D eigenvalue weighted by Crippen LogP contribution is -2.49. The van der Waals surface area contributed by atoms with Gasteiger partial charge in [-0.15, -0.1) is 0 Å². The van der Waals surface area contributed by atoms with Gasteiger partial charge in [0.15, 0.2) is 0 Å². The molecule has 32 heavy (non-hydrogen) atoms. The smallest absolute Gasteiger partial charge is 0.248 e. The first-order chi connectivity index (χ1) is 15.3. The van der Waals surface area contributed by atoms with Crippen molar-refractivity contribution >= 4 is 23.5 Å². The van der Waals surface area contributed by atoms with Crippen LogP contribution in [-0.4, -0.2) is 45.4 Å². The highest BCUT2D eigenvalue weighted by molar-refractivity contribution is 5.99. The van der Waals surface area contributed by atoms with Crippen molar-refractivity contribution in [2.24, 2.45) is 11.3 Å². The first kappa shape index (κ1) is 23.4. The highest BCUT2D eigenvalue weighted by atomic mass is 16.5. The normalized spacial score (nSPS) is 19.1. The van der Waals surface area contributed by atoms with Crippen molar-refractivity contribution in [1.82, 2.24) is 15.4 Å². The molecule has 8 heteroatoms. The van der Waals surface area contributed by atoms with Crippen LogP contribution in [-0.2, 0) is 20.8 Å². The Balaban J connectivity index is 1.90. The van der Waals surface area contributed by atoms with Gasteiger partial charge < -0.3 is 10.2 Å². The minimum atomic E-state index is -0.943. The van der Waals surface area contributed by atoms with Gasteiger partial charge in [0, 0.05) is 25.6 Å². The predicted molar refractivity (Wildman–Crippen MR) is 120 cm³/mol. The lowest BCUT2D eigenvalue weighted by molar-refractivity contribution is -0.146. The number of likely N-dealkylation sites (tertiary alicyclic amines) is 1. The number of hydrogen-bond donors (Lipinski definition) is 3. The molecule has 1 aromatic carbocycles. The number of benzene rings is 1. The molecule has 0 bridgehead atoms. The molecular formula is C24H30N4O4. The van der Waals surface area contributed by atoms with E-state index in [-0.39, 0.29) is 24.2 Å². The Bertz CT molecular complexity index is 936. The number of nitrogens with zero attached hydrogens (tertiary/aromatic N) is 2. The Labute approximate surface area is 188 Å². The number of anilines is 1. The lowest BCUT2D eigenvalue weighted by atomic mass is 9.75. The second-order valence-electron chi connectivity index (χ2n) is 8.75. The van der Waals surface area contributed by atoms with Gasteiger partial charge in [0.1, 0.15) is 11.9 Å². The van der Waals surface area contributed by atoms with Gasteiger partial charge in [0.05, 0.1) is 5.41 Å². The fraction of sp³-hybridized carbons (Fsp3) is 0.417. The Hall–Kier alpha value is -3.26. The largest absolute Gasteiger partial charge is 0.330 e. The minimum Gasteiger partial charge on any atom is -0.330 e. The van der Waals surface area contributed by atoms with E-state index in [4.69, 9.17) is 5.21 Å². The van der Waals surface area contributed by atoms with Gasteiger partial charge in [0.2, 0.25) is 17.7 Å². The summed E-state index contributed by atoms with van der Waals surface area (Å²) in [6, 6.07) is 14.0. The van der Waals surface area contributed by atoms with Crippen LogP contribution in [0.5, 0.6) is 0 Å². The maximum Gasteiger partial charge on any atom is 0.248 e. The van der Waals surface area contributed by atoms with Crippen LogP contribution in [0.2, 0.25) is 0 Å². The molecule has 1 aromatic heterocycles. The van der Waals surface area contributed by atoms with E-state index in [2.05, 4.69) is 10.3 Å². The Morgan fingerprint density at radius 2 is 1.88 bits per heavy atom. The molecule has 3 amide bonds. The number of carbonyl (C=O) groups excluding carboxylic acids is 3. The highest BCUT2D eigenvalue weighted by Gasteiger charge is 2.50. The summed E-state index contributed by atoms with van der Waals surface area (Å²) in [7, 11) is 0. The zero-order valence-corrected chi connectivity index (χ0v) is 18.5. The predicted octanol–water partition coefficient (Wildman–Crippen LogP) is 2.79. The number of carbonyl (C=O) groups is 3. The van der Waals surface area contributed by atoms with Crippen LogP contribution in [0.15, 0.2) is 54.7 Å². The molecule has 2 atom stereocenters. The Morgan fingerprint density at radius 3 is 2.50 bits per heavy atom. The molecule has 0 saturated carbocycles. The van der Waals surface area contributed by atoms with Gasteiger partial charge in [-0.1, -0.05) is 50.2 Å². The van der Waals surface area contributed by atoms with E-state index >= 15 is 0 Å². The minimum absolute atomic E-state index is 0.114. The molecule has 8 nitrogen and oxygen atoms in total. The van der Waals surface area contributed by atoms with Crippen LogP contribution in [0.4, 0.5) is 5.82 Å². The van der Waals surface area contributed by atoms with E-state index in [0.717, 1.165) is 5.56 Å². The van der Waals surface area contributed by atoms with Crippen LogP contribution < -0.4 is 10.8 Å². The molecule has 3 rings (SSSR count). The third-order valence-corrected chi connectivity index (χ3v) is 5.84. The average molecular weight is 439 g/mol. The molecule has 0 radical (unpaired) electrons. The van der Waals surface area contributed by atoms with Gasteiger partial charge in [-0.3, -0.25) is 19.6 Å². The van der Waals surface area contributed by atoms with Crippen molar-refractivity contribution in [3.05, 3.63) is 60.3 Å². The topological polar surface area (TPSA) is 112 Å². The van der Waals surface area contributed by atoms with E-state index in [1.54, 1.807) is 34.8 Å². The van der Waals surface area contributed by atoms with Crippen molar-refractivity contribution in [3.63, 3.8) is 0 Å². The van der Waals surface area contributed by atoms with Gasteiger partial charge >= 0.3 is 0 Å². The van der Waals surface area contributed by atoms with E-state index in [0.29, 0.717) is 31.6 Å². The molecule has 0 unspecified atom stereocenters. The molecule has 0 spiro atoms. The van der Waals surface area contributed by atoms with E-state index in [9.17, 15) is 14.4 Å². The number of hydrogen-bond acceptors (Lipinski definition) is 5. The Morgan fingerprint density at radius 1 is 1.16 bits per heavy atom. The fourth-order valence-corrected chi connectivity index (χ4v) is 4.53. The maximum absolute atomic E-state index is 13.7. The van der Waals surface area contributed by atoms with Crippen LogP contribution in [0.3, 0.4) is 0 Å². The molecule has 1 saturated heterocycles. The van der Waals surface area contributed by atoms with Crippen LogP contribution in [0.25, 0.3) is 0 Å². The van der Waals surface area contributed by atoms with Crippen LogP contribution >= 0.6 is 0 Å². The van der Waals surface area contributed by atoms with Gasteiger partial charge in [-0.2, -0.15) is 0 Å². The second-order valence-corrected chi connectivity index (χ2v) is 8.75. The first-order valence-corrected chi connectivity index (χ1v) is 10.8. The summed E-state index contributed by atoms with van der Waals surface area (Å²) in [5.74, 6) is -0.575. The van der Waals surface area contributed by atoms with Crippen LogP contribution in [0, 0.1) is 11.3 Å². The number of aromatic nitrogens is 1. The van der Waals surface area contributed by atoms with Crippen LogP contribution in [0.1, 0.15) is 38.7 Å². The third kappa shape index (κ3) is 5.50. The Kier molecular flexibility index (Phi) is 7.58. The number of pyridine rings is 1. The summed E-state index contributed by atoms with van der Waals surface area (Å²) in [5.41, 5.74) is 1.64. The monoisotopic (exact) mass is 438 g/mol. The molecule has 2 heterocycles. The summed E-state index contributed by atoms with van der Waals surface area (Å²) in [6.45, 7) is 4.34. The summed E-state index contributed by atoms with van der Waals surface area (Å²) >= 11 is 0. The maximum atomic E-state index is 13.7. The van der Waals surface area contributed by atoms with Gasteiger partial charge in [-0.25, -0.2) is 10.5 Å². The number of rotatable bonds is 9. The standard InChI is InChI=1S/C24H30N4O4/c1-17(2)15-24(16-21(29)27-32)11-13-28(23(24)31)19(14-18-8-4-3-5-9-18)22(30)26-20-10-6-7-12-25-20/h3-10,12,17,19,32H,11,13-16H2,1-2H3,(H,27,29)(H,25,26,30)/t19-,24-/m1/s1. The third-order valence-electron chi connectivity index (χ3n) is 5.84. The van der Waals surface area contributed by atoms with E-state index < -0.39 is 17.4 Å². The summed E-state index contributed by atoms with van der Waals surface area (Å²) in [6.07, 6.45) is 2.76. The molecule has 1 aliphatic rings. The van der Waals surface area contributed by atoms with E-state index in [1.165, 1.54) is 0 Å². The van der Waals surface area contributed by atoms with Gasteiger partial charge in [0.25, 0.3) is 0 Å². The molecule has 3 N–H and O–H groups in total. The molecule has 0 aliphatic carbocycles. The van der Waals surface area contributed by atoms with Crippen molar-refractivity contribution in [2.45, 2.75) is 45.6 Å². The summed E-state index contributed by atoms with van der Waals surface area (Å²) in [4.78, 5) is 44.7. The molecule has 1 fully saturated rings. The molecule has 170 valence electrons. The SMILES string of the molecule is CC(C)C[C@@]1(CC(=O)NO)CCN([C@H](Cc2ccccc2)C(=O)Nc2ccccn2)C1=O. The molecule has 1 aliphatic heterocycles. The molecule has 2 aromatic rings. The number of amides is 3. The van der Waals surface area contributed by atoms with Crippen molar-refractivity contribution in [1.29, 1.82) is 0 Å². The van der Waals surface area contributed by atoms with Gasteiger partial charge in [-0.05, 0) is 36.5 Å². The summed E-state index contributed by atoms with van der Waals surface area (Å²) < 4.78 is 0. The zero-order valence-electron chi connectivity index (χ0n) is 18.5. The summed E-state index contributed by atoms with van der Waals surface area (Å²) in [5, 5.41) is 11.9. The zero-order chi connectivity index (χ0) is 23.1. The quantitative estimate of drug-likeness (QED) is 0.412. The van der Waals surface area contributed by atoms with Crippen molar-refractivity contribution in [3.8, 4) is 0 Å². The highest BCUT2D eigenvalue weighted by Crippen LogP contribution is 2.42. The van der Waals surface area contributed by atoms with E-state index in [1.807, 2.05) is 44.2 Å².